The summed E-state index contributed by atoms with van der Waals surface area (Å²) in [5, 5.41) is 0. The molecule has 2 heterocycles. The number of nitrogens with zero attached hydrogens (tertiary/aromatic N) is 2. The van der Waals surface area contributed by atoms with Gasteiger partial charge in [-0.2, -0.15) is 0 Å². The molecule has 0 bridgehead atoms. The van der Waals surface area contributed by atoms with Crippen LogP contribution in [0.25, 0.3) is 6.08 Å². The zero-order chi connectivity index (χ0) is 26.0. The Hall–Kier alpha value is -3.65. The fourth-order valence-electron chi connectivity index (χ4n) is 4.13. The second kappa shape index (κ2) is 10.5. The molecule has 0 unspecified atom stereocenters. The number of hydrogen-bond acceptors (Lipinski definition) is 7. The van der Waals surface area contributed by atoms with Gasteiger partial charge in [0.2, 0.25) is 0 Å². The van der Waals surface area contributed by atoms with Gasteiger partial charge in [-0.05, 0) is 64.0 Å². The average molecular weight is 507 g/mol. The lowest BCUT2D eigenvalue weighted by Gasteiger charge is -2.24. The monoisotopic (exact) mass is 506 g/mol. The number of esters is 1. The van der Waals surface area contributed by atoms with Gasteiger partial charge in [0, 0.05) is 0 Å². The second-order valence-corrected chi connectivity index (χ2v) is 9.80. The molecule has 4 rings (SSSR count). The van der Waals surface area contributed by atoms with Gasteiger partial charge in [-0.3, -0.25) is 9.36 Å². The molecule has 8 heteroatoms. The molecule has 1 aliphatic heterocycles. The molecule has 0 saturated carbocycles. The Labute approximate surface area is 214 Å². The second-order valence-electron chi connectivity index (χ2n) is 8.79. The minimum atomic E-state index is -0.626. The van der Waals surface area contributed by atoms with Gasteiger partial charge in [0.05, 0.1) is 41.7 Å². The molecular formula is C28H30N2O5S. The number of carbonyl (C=O) groups excluding carboxylic acids is 1. The Morgan fingerprint density at radius 2 is 1.86 bits per heavy atom. The molecule has 0 radical (unpaired) electrons. The van der Waals surface area contributed by atoms with Crippen molar-refractivity contribution in [3.05, 3.63) is 90.1 Å². The molecule has 0 saturated heterocycles. The number of aryl methyl sites for hydroxylation is 1. The van der Waals surface area contributed by atoms with Crippen molar-refractivity contribution in [1.29, 1.82) is 0 Å². The Balaban J connectivity index is 1.88. The van der Waals surface area contributed by atoms with Crippen molar-refractivity contribution in [2.75, 3.05) is 13.7 Å². The topological polar surface area (TPSA) is 79.1 Å². The zero-order valence-electron chi connectivity index (χ0n) is 21.3. The van der Waals surface area contributed by atoms with Crippen LogP contribution in [-0.4, -0.2) is 30.4 Å². The maximum absolute atomic E-state index is 13.7. The lowest BCUT2D eigenvalue weighted by atomic mass is 9.95. The van der Waals surface area contributed by atoms with Crippen LogP contribution in [0.1, 0.15) is 50.4 Å². The predicted octanol–water partition coefficient (Wildman–Crippen LogP) is 3.90. The van der Waals surface area contributed by atoms with Crippen LogP contribution in [0.2, 0.25) is 0 Å². The van der Waals surface area contributed by atoms with Crippen LogP contribution in [0.3, 0.4) is 0 Å². The van der Waals surface area contributed by atoms with Crippen LogP contribution in [-0.2, 0) is 9.53 Å². The number of allylic oxidation sites excluding steroid dienone is 1. The number of aromatic nitrogens is 1. The lowest BCUT2D eigenvalue weighted by molar-refractivity contribution is -0.139. The van der Waals surface area contributed by atoms with Crippen LogP contribution >= 0.6 is 11.3 Å². The van der Waals surface area contributed by atoms with Crippen molar-refractivity contribution in [2.24, 2.45) is 4.99 Å². The van der Waals surface area contributed by atoms with Crippen LogP contribution in [0.5, 0.6) is 11.5 Å². The fraction of sp³-hybridized carbons (Fsp3) is 0.321. The van der Waals surface area contributed by atoms with E-state index in [-0.39, 0.29) is 18.3 Å². The van der Waals surface area contributed by atoms with Crippen LogP contribution in [0.15, 0.2) is 63.5 Å². The summed E-state index contributed by atoms with van der Waals surface area (Å²) in [7, 11) is 1.58. The summed E-state index contributed by atoms with van der Waals surface area (Å²) in [5.74, 6) is 0.757. The van der Waals surface area contributed by atoms with Crippen molar-refractivity contribution in [2.45, 2.75) is 46.8 Å². The number of ether oxygens (including phenoxy) is 3. The number of carbonyl (C=O) groups is 1. The summed E-state index contributed by atoms with van der Waals surface area (Å²) in [6, 6.07) is 12.7. The number of fused-ring (bicyclic) bond motifs is 1. The Morgan fingerprint density at radius 3 is 2.50 bits per heavy atom. The standard InChI is InChI=1S/C28H30N2O5S/c1-7-34-27(32)24-18(5)29-28-30(25(24)20-11-8-17(4)9-12-20)26(31)23(36-28)15-19-10-13-21(35-16(2)3)22(14-19)33-6/h8-16,25H,7H2,1-6H3/b23-15+/t25-/m1/s1. The van der Waals surface area contributed by atoms with Crippen LogP contribution in [0, 0.1) is 6.92 Å². The van der Waals surface area contributed by atoms with Crippen molar-refractivity contribution >= 4 is 23.4 Å². The van der Waals surface area contributed by atoms with Crippen molar-refractivity contribution < 1.29 is 19.0 Å². The highest BCUT2D eigenvalue weighted by atomic mass is 32.1. The van der Waals surface area contributed by atoms with E-state index in [4.69, 9.17) is 14.2 Å². The van der Waals surface area contributed by atoms with Crippen molar-refractivity contribution in [3.8, 4) is 11.5 Å². The number of methoxy groups -OCH3 is 1. The summed E-state index contributed by atoms with van der Waals surface area (Å²) >= 11 is 1.29. The Bertz CT molecular complexity index is 1500. The molecule has 0 aliphatic carbocycles. The van der Waals surface area contributed by atoms with Gasteiger partial charge in [-0.1, -0.05) is 47.2 Å². The number of benzene rings is 2. The van der Waals surface area contributed by atoms with Crippen molar-refractivity contribution in [3.63, 3.8) is 0 Å². The first-order chi connectivity index (χ1) is 17.2. The SMILES string of the molecule is CCOC(=O)C1=C(C)N=c2s/c(=C/c3ccc(OC(C)C)c(OC)c3)c(=O)n2[C@@H]1c1ccc(C)cc1. The summed E-state index contributed by atoms with van der Waals surface area (Å²) < 4.78 is 18.7. The molecule has 1 aliphatic rings. The molecule has 0 fully saturated rings. The predicted molar refractivity (Wildman–Crippen MR) is 140 cm³/mol. The Kier molecular flexibility index (Phi) is 7.45. The molecule has 0 amide bonds. The first-order valence-electron chi connectivity index (χ1n) is 11.8. The van der Waals surface area contributed by atoms with E-state index in [1.807, 2.05) is 63.2 Å². The molecule has 3 aromatic rings. The van der Waals surface area contributed by atoms with Gasteiger partial charge in [0.25, 0.3) is 5.56 Å². The zero-order valence-corrected chi connectivity index (χ0v) is 22.1. The smallest absolute Gasteiger partial charge is 0.338 e. The molecule has 188 valence electrons. The first kappa shape index (κ1) is 25.4. The highest BCUT2D eigenvalue weighted by Gasteiger charge is 2.33. The van der Waals surface area contributed by atoms with Gasteiger partial charge < -0.3 is 14.2 Å². The van der Waals surface area contributed by atoms with E-state index in [1.165, 1.54) is 11.3 Å². The van der Waals surface area contributed by atoms with Crippen LogP contribution in [0.4, 0.5) is 0 Å². The molecule has 0 N–H and O–H groups in total. The number of hydrogen-bond donors (Lipinski definition) is 0. The van der Waals surface area contributed by atoms with Gasteiger partial charge in [-0.15, -0.1) is 0 Å². The highest BCUT2D eigenvalue weighted by molar-refractivity contribution is 7.07. The largest absolute Gasteiger partial charge is 0.493 e. The molecule has 36 heavy (non-hydrogen) atoms. The van der Waals surface area contributed by atoms with E-state index >= 15 is 0 Å². The third kappa shape index (κ3) is 4.99. The molecule has 2 aromatic carbocycles. The third-order valence-electron chi connectivity index (χ3n) is 5.76. The van der Waals surface area contributed by atoms with E-state index in [1.54, 1.807) is 31.6 Å². The van der Waals surface area contributed by atoms with E-state index in [0.29, 0.717) is 32.1 Å². The number of rotatable bonds is 7. The van der Waals surface area contributed by atoms with Gasteiger partial charge in [0.1, 0.15) is 0 Å². The van der Waals surface area contributed by atoms with Crippen molar-refractivity contribution in [1.82, 2.24) is 4.57 Å². The van der Waals surface area contributed by atoms with E-state index in [0.717, 1.165) is 16.7 Å². The number of thiazole rings is 1. The van der Waals surface area contributed by atoms with E-state index < -0.39 is 12.0 Å². The lowest BCUT2D eigenvalue weighted by Crippen LogP contribution is -2.39. The highest BCUT2D eigenvalue weighted by Crippen LogP contribution is 2.31. The third-order valence-corrected chi connectivity index (χ3v) is 6.74. The molecule has 1 atom stereocenters. The summed E-state index contributed by atoms with van der Waals surface area (Å²) in [4.78, 5) is 31.9. The summed E-state index contributed by atoms with van der Waals surface area (Å²) in [6.45, 7) is 9.67. The van der Waals surface area contributed by atoms with Gasteiger partial charge in [-0.25, -0.2) is 9.79 Å². The quantitative estimate of drug-likeness (QED) is 0.454. The van der Waals surface area contributed by atoms with E-state index in [9.17, 15) is 9.59 Å². The molecule has 1 aromatic heterocycles. The fourth-order valence-corrected chi connectivity index (χ4v) is 5.18. The molecular weight excluding hydrogens is 476 g/mol. The van der Waals surface area contributed by atoms with Crippen LogP contribution < -0.4 is 24.4 Å². The molecule has 0 spiro atoms. The first-order valence-corrected chi connectivity index (χ1v) is 12.7. The minimum Gasteiger partial charge on any atom is -0.493 e. The Morgan fingerprint density at radius 1 is 1.14 bits per heavy atom. The maximum atomic E-state index is 13.7. The maximum Gasteiger partial charge on any atom is 0.338 e. The normalized spacial score (nSPS) is 15.5. The summed E-state index contributed by atoms with van der Waals surface area (Å²) in [6.07, 6.45) is 1.81. The van der Waals surface area contributed by atoms with Gasteiger partial charge >= 0.3 is 5.97 Å². The van der Waals surface area contributed by atoms with Gasteiger partial charge in [0.15, 0.2) is 16.3 Å². The minimum absolute atomic E-state index is 0.00653. The summed E-state index contributed by atoms with van der Waals surface area (Å²) in [5.41, 5.74) is 3.40. The van der Waals surface area contributed by atoms with E-state index in [2.05, 4.69) is 4.99 Å². The average Bonchev–Trinajstić information content (AvgIpc) is 3.13. The molecule has 7 nitrogen and oxygen atoms in total.